The van der Waals surface area contributed by atoms with Crippen LogP contribution < -0.4 is 14.4 Å². The first-order chi connectivity index (χ1) is 10.2. The number of aryl methyl sites for hydroxylation is 1. The molecule has 0 atom stereocenters. The Kier molecular flexibility index (Phi) is 3.77. The molecule has 1 heterocycles. The zero-order valence-corrected chi connectivity index (χ0v) is 11.9. The minimum absolute atomic E-state index is 0.0402. The summed E-state index contributed by atoms with van der Waals surface area (Å²) >= 11 is 0. The van der Waals surface area contributed by atoms with E-state index in [1.165, 1.54) is 0 Å². The highest BCUT2D eigenvalue weighted by Crippen LogP contribution is 2.31. The van der Waals surface area contributed by atoms with Crippen molar-refractivity contribution in [2.24, 2.45) is 0 Å². The van der Waals surface area contributed by atoms with E-state index in [1.54, 1.807) is 4.90 Å². The molecule has 1 aliphatic heterocycles. The van der Waals surface area contributed by atoms with Crippen LogP contribution in [0.15, 0.2) is 48.5 Å². The predicted octanol–water partition coefficient (Wildman–Crippen LogP) is 2.80. The van der Waals surface area contributed by atoms with Gasteiger partial charge in [-0.1, -0.05) is 24.3 Å². The predicted molar refractivity (Wildman–Crippen MR) is 81.0 cm³/mol. The molecule has 0 fully saturated rings. The van der Waals surface area contributed by atoms with Crippen LogP contribution in [0.4, 0.5) is 5.69 Å². The number of rotatable bonds is 4. The molecule has 1 aliphatic rings. The van der Waals surface area contributed by atoms with Gasteiger partial charge in [0.1, 0.15) is 18.1 Å². The molecule has 4 nitrogen and oxygen atoms in total. The van der Waals surface area contributed by atoms with Crippen molar-refractivity contribution < 1.29 is 14.3 Å². The molecule has 0 bridgehead atoms. The zero-order valence-electron chi connectivity index (χ0n) is 11.9. The molecular weight excluding hydrogens is 266 g/mol. The van der Waals surface area contributed by atoms with Gasteiger partial charge in [0.25, 0.3) is 5.91 Å². The lowest BCUT2D eigenvalue weighted by Gasteiger charge is -2.29. The first kappa shape index (κ1) is 13.5. The van der Waals surface area contributed by atoms with Crippen LogP contribution in [0.5, 0.6) is 11.5 Å². The van der Waals surface area contributed by atoms with Crippen LogP contribution in [-0.2, 0) is 4.79 Å². The summed E-state index contributed by atoms with van der Waals surface area (Å²) in [6.07, 6.45) is 0. The van der Waals surface area contributed by atoms with E-state index in [2.05, 4.69) is 0 Å². The van der Waals surface area contributed by atoms with Crippen LogP contribution in [0.1, 0.15) is 5.56 Å². The Labute approximate surface area is 123 Å². The Hall–Kier alpha value is -2.49. The molecule has 0 saturated carbocycles. The molecule has 0 aliphatic carbocycles. The summed E-state index contributed by atoms with van der Waals surface area (Å²) < 4.78 is 11.1. The standard InChI is InChI=1S/C17H17NO3/c1-13-5-4-6-14(11-13)20-10-9-18-15-7-2-3-8-16(15)21-12-17(18)19/h2-8,11H,9-10,12H2,1H3. The maximum absolute atomic E-state index is 12.0. The molecule has 21 heavy (non-hydrogen) atoms. The molecule has 2 aromatic carbocycles. The number of nitrogens with zero attached hydrogens (tertiary/aromatic N) is 1. The fourth-order valence-electron chi connectivity index (χ4n) is 2.36. The monoisotopic (exact) mass is 283 g/mol. The number of amides is 1. The van der Waals surface area contributed by atoms with E-state index in [9.17, 15) is 4.79 Å². The van der Waals surface area contributed by atoms with Crippen molar-refractivity contribution in [2.45, 2.75) is 6.92 Å². The number of hydrogen-bond donors (Lipinski definition) is 0. The summed E-state index contributed by atoms with van der Waals surface area (Å²) in [6.45, 7) is 3.06. The maximum atomic E-state index is 12.0. The second-order valence-corrected chi connectivity index (χ2v) is 4.97. The van der Waals surface area contributed by atoms with Crippen molar-refractivity contribution in [3.8, 4) is 11.5 Å². The molecule has 4 heteroatoms. The van der Waals surface area contributed by atoms with E-state index in [0.29, 0.717) is 13.2 Å². The third-order valence-electron chi connectivity index (χ3n) is 3.38. The van der Waals surface area contributed by atoms with Gasteiger partial charge in [0.2, 0.25) is 0 Å². The Morgan fingerprint density at radius 3 is 2.90 bits per heavy atom. The Bertz CT molecular complexity index is 654. The van der Waals surface area contributed by atoms with Crippen molar-refractivity contribution in [2.75, 3.05) is 24.7 Å². The van der Waals surface area contributed by atoms with Gasteiger partial charge in [-0.05, 0) is 36.8 Å². The van der Waals surface area contributed by atoms with Gasteiger partial charge in [0, 0.05) is 0 Å². The lowest BCUT2D eigenvalue weighted by Crippen LogP contribution is -2.41. The van der Waals surface area contributed by atoms with Crippen LogP contribution in [-0.4, -0.2) is 25.7 Å². The van der Waals surface area contributed by atoms with Gasteiger partial charge in [0.15, 0.2) is 6.61 Å². The fourth-order valence-corrected chi connectivity index (χ4v) is 2.36. The van der Waals surface area contributed by atoms with E-state index in [-0.39, 0.29) is 12.5 Å². The lowest BCUT2D eigenvalue weighted by atomic mass is 10.2. The Balaban J connectivity index is 1.66. The minimum atomic E-state index is -0.0402. The molecule has 0 radical (unpaired) electrons. The van der Waals surface area contributed by atoms with Crippen LogP contribution in [0.2, 0.25) is 0 Å². The highest BCUT2D eigenvalue weighted by Gasteiger charge is 2.24. The van der Waals surface area contributed by atoms with Crippen molar-refractivity contribution in [1.29, 1.82) is 0 Å². The van der Waals surface area contributed by atoms with Gasteiger partial charge < -0.3 is 14.4 Å². The second-order valence-electron chi connectivity index (χ2n) is 4.97. The summed E-state index contributed by atoms with van der Waals surface area (Å²) in [5, 5.41) is 0. The van der Waals surface area contributed by atoms with Crippen molar-refractivity contribution in [3.63, 3.8) is 0 Å². The SMILES string of the molecule is Cc1cccc(OCCN2C(=O)COc3ccccc32)c1. The number of anilines is 1. The van der Waals surface area contributed by atoms with Crippen LogP contribution >= 0.6 is 0 Å². The first-order valence-electron chi connectivity index (χ1n) is 6.96. The highest BCUT2D eigenvalue weighted by molar-refractivity contribution is 5.97. The number of carbonyl (C=O) groups is 1. The molecule has 1 amide bonds. The molecule has 0 spiro atoms. The normalized spacial score (nSPS) is 13.6. The van der Waals surface area contributed by atoms with Crippen molar-refractivity contribution in [3.05, 3.63) is 54.1 Å². The number of carbonyl (C=O) groups excluding carboxylic acids is 1. The van der Waals surface area contributed by atoms with Gasteiger partial charge in [-0.15, -0.1) is 0 Å². The first-order valence-corrected chi connectivity index (χ1v) is 6.96. The molecular formula is C17H17NO3. The summed E-state index contributed by atoms with van der Waals surface area (Å²) in [5.74, 6) is 1.53. The zero-order chi connectivity index (χ0) is 14.7. The van der Waals surface area contributed by atoms with E-state index in [4.69, 9.17) is 9.47 Å². The lowest BCUT2D eigenvalue weighted by molar-refractivity contribution is -0.121. The van der Waals surface area contributed by atoms with Crippen molar-refractivity contribution in [1.82, 2.24) is 0 Å². The number of ether oxygens (including phenoxy) is 2. The summed E-state index contributed by atoms with van der Waals surface area (Å²) in [4.78, 5) is 13.7. The average Bonchev–Trinajstić information content (AvgIpc) is 2.50. The van der Waals surface area contributed by atoms with Crippen LogP contribution in [0, 0.1) is 6.92 Å². The van der Waals surface area contributed by atoms with Gasteiger partial charge >= 0.3 is 0 Å². The molecule has 2 aromatic rings. The number of fused-ring (bicyclic) bond motifs is 1. The third kappa shape index (κ3) is 2.99. The quantitative estimate of drug-likeness (QED) is 0.866. The molecule has 0 saturated heterocycles. The molecule has 3 rings (SSSR count). The molecule has 0 unspecified atom stereocenters. The largest absolute Gasteiger partial charge is 0.492 e. The Morgan fingerprint density at radius 1 is 1.19 bits per heavy atom. The number of benzene rings is 2. The average molecular weight is 283 g/mol. The van der Waals surface area contributed by atoms with E-state index in [0.717, 1.165) is 22.7 Å². The van der Waals surface area contributed by atoms with E-state index in [1.807, 2.05) is 55.5 Å². The van der Waals surface area contributed by atoms with E-state index >= 15 is 0 Å². The number of hydrogen-bond acceptors (Lipinski definition) is 3. The van der Waals surface area contributed by atoms with Crippen LogP contribution in [0.3, 0.4) is 0 Å². The minimum Gasteiger partial charge on any atom is -0.492 e. The van der Waals surface area contributed by atoms with Gasteiger partial charge in [0.05, 0.1) is 12.2 Å². The Morgan fingerprint density at radius 2 is 2.05 bits per heavy atom. The van der Waals surface area contributed by atoms with Gasteiger partial charge in [-0.25, -0.2) is 0 Å². The summed E-state index contributed by atoms with van der Waals surface area (Å²) in [7, 11) is 0. The highest BCUT2D eigenvalue weighted by atomic mass is 16.5. The van der Waals surface area contributed by atoms with Gasteiger partial charge in [-0.2, -0.15) is 0 Å². The molecule has 108 valence electrons. The van der Waals surface area contributed by atoms with E-state index < -0.39 is 0 Å². The molecule has 0 aromatic heterocycles. The van der Waals surface area contributed by atoms with Gasteiger partial charge in [-0.3, -0.25) is 4.79 Å². The third-order valence-corrected chi connectivity index (χ3v) is 3.38. The number of para-hydroxylation sites is 2. The van der Waals surface area contributed by atoms with Crippen LogP contribution in [0.25, 0.3) is 0 Å². The van der Waals surface area contributed by atoms with Crippen molar-refractivity contribution >= 4 is 11.6 Å². The fraction of sp³-hybridized carbons (Fsp3) is 0.235. The molecule has 0 N–H and O–H groups in total. The maximum Gasteiger partial charge on any atom is 0.265 e. The smallest absolute Gasteiger partial charge is 0.265 e. The summed E-state index contributed by atoms with van der Waals surface area (Å²) in [6, 6.07) is 15.4. The summed E-state index contributed by atoms with van der Waals surface area (Å²) in [5.41, 5.74) is 1.96. The second kappa shape index (κ2) is 5.87. The topological polar surface area (TPSA) is 38.8 Å².